The molecule has 0 saturated heterocycles. The SMILES string of the molecule is CCc1cc(N)cc(C)c1NC(=O)c1cc(OC)cc(OC)c1. The van der Waals surface area contributed by atoms with Crippen LogP contribution in [0.15, 0.2) is 30.3 Å². The van der Waals surface area contributed by atoms with E-state index in [-0.39, 0.29) is 5.91 Å². The number of amides is 1. The number of aryl methyl sites for hydroxylation is 2. The lowest BCUT2D eigenvalue weighted by atomic mass is 10.0. The molecule has 0 aliphatic carbocycles. The van der Waals surface area contributed by atoms with Crippen molar-refractivity contribution in [3.8, 4) is 11.5 Å². The third kappa shape index (κ3) is 3.74. The molecule has 0 aliphatic heterocycles. The lowest BCUT2D eigenvalue weighted by Gasteiger charge is -2.15. The molecule has 0 unspecified atom stereocenters. The van der Waals surface area contributed by atoms with Crippen molar-refractivity contribution < 1.29 is 14.3 Å². The molecule has 0 heterocycles. The fourth-order valence-corrected chi connectivity index (χ4v) is 2.47. The van der Waals surface area contributed by atoms with Crippen LogP contribution >= 0.6 is 0 Å². The Labute approximate surface area is 136 Å². The average Bonchev–Trinajstić information content (AvgIpc) is 2.56. The molecule has 0 aliphatic rings. The molecule has 3 N–H and O–H groups in total. The van der Waals surface area contributed by atoms with Crippen LogP contribution in [0.5, 0.6) is 11.5 Å². The molecule has 23 heavy (non-hydrogen) atoms. The van der Waals surface area contributed by atoms with Crippen molar-refractivity contribution in [3.05, 3.63) is 47.0 Å². The van der Waals surface area contributed by atoms with Crippen molar-refractivity contribution in [1.82, 2.24) is 0 Å². The van der Waals surface area contributed by atoms with Crippen LogP contribution in [-0.2, 0) is 6.42 Å². The van der Waals surface area contributed by atoms with Gasteiger partial charge in [-0.1, -0.05) is 6.92 Å². The smallest absolute Gasteiger partial charge is 0.255 e. The zero-order valence-corrected chi connectivity index (χ0v) is 13.9. The van der Waals surface area contributed by atoms with E-state index in [2.05, 4.69) is 5.32 Å². The maximum atomic E-state index is 12.6. The van der Waals surface area contributed by atoms with E-state index in [9.17, 15) is 4.79 Å². The minimum absolute atomic E-state index is 0.218. The maximum absolute atomic E-state index is 12.6. The van der Waals surface area contributed by atoms with Gasteiger partial charge in [-0.15, -0.1) is 0 Å². The summed E-state index contributed by atoms with van der Waals surface area (Å²) in [7, 11) is 3.10. The van der Waals surface area contributed by atoms with E-state index in [0.717, 1.165) is 23.2 Å². The van der Waals surface area contributed by atoms with Gasteiger partial charge in [-0.25, -0.2) is 0 Å². The number of nitrogens with one attached hydrogen (secondary N) is 1. The first-order chi connectivity index (χ1) is 11.0. The lowest BCUT2D eigenvalue weighted by Crippen LogP contribution is -2.15. The third-order valence-corrected chi connectivity index (χ3v) is 3.67. The quantitative estimate of drug-likeness (QED) is 0.829. The first-order valence-corrected chi connectivity index (χ1v) is 7.41. The number of benzene rings is 2. The van der Waals surface area contributed by atoms with Gasteiger partial charge in [-0.3, -0.25) is 4.79 Å². The highest BCUT2D eigenvalue weighted by atomic mass is 16.5. The van der Waals surface area contributed by atoms with Gasteiger partial charge in [-0.2, -0.15) is 0 Å². The van der Waals surface area contributed by atoms with Crippen molar-refractivity contribution in [2.24, 2.45) is 0 Å². The number of carbonyl (C=O) groups is 1. The molecule has 122 valence electrons. The van der Waals surface area contributed by atoms with Crippen molar-refractivity contribution in [2.45, 2.75) is 20.3 Å². The van der Waals surface area contributed by atoms with E-state index in [1.807, 2.05) is 26.0 Å². The Morgan fingerprint density at radius 3 is 2.22 bits per heavy atom. The zero-order chi connectivity index (χ0) is 17.0. The number of methoxy groups -OCH3 is 2. The highest BCUT2D eigenvalue weighted by Gasteiger charge is 2.14. The Morgan fingerprint density at radius 1 is 1.09 bits per heavy atom. The molecule has 2 aromatic carbocycles. The Bertz CT molecular complexity index is 704. The molecule has 5 heteroatoms. The van der Waals surface area contributed by atoms with E-state index in [1.54, 1.807) is 32.4 Å². The molecule has 0 bridgehead atoms. The predicted molar refractivity (Wildman–Crippen MR) is 92.5 cm³/mol. The van der Waals surface area contributed by atoms with Gasteiger partial charge in [0.25, 0.3) is 5.91 Å². The Balaban J connectivity index is 2.36. The van der Waals surface area contributed by atoms with E-state index in [1.165, 1.54) is 0 Å². The second-order valence-corrected chi connectivity index (χ2v) is 5.28. The van der Waals surface area contributed by atoms with Crippen molar-refractivity contribution in [1.29, 1.82) is 0 Å². The molecule has 5 nitrogen and oxygen atoms in total. The summed E-state index contributed by atoms with van der Waals surface area (Å²) in [4.78, 5) is 12.6. The summed E-state index contributed by atoms with van der Waals surface area (Å²) in [6.45, 7) is 3.95. The molecule has 2 aromatic rings. The minimum atomic E-state index is -0.218. The average molecular weight is 314 g/mol. The van der Waals surface area contributed by atoms with E-state index in [4.69, 9.17) is 15.2 Å². The molecular formula is C18H22N2O3. The van der Waals surface area contributed by atoms with Gasteiger partial charge < -0.3 is 20.5 Å². The second kappa shape index (κ2) is 7.05. The summed E-state index contributed by atoms with van der Waals surface area (Å²) >= 11 is 0. The van der Waals surface area contributed by atoms with E-state index < -0.39 is 0 Å². The van der Waals surface area contributed by atoms with Gasteiger partial charge in [0.1, 0.15) is 11.5 Å². The molecule has 0 radical (unpaired) electrons. The van der Waals surface area contributed by atoms with Gasteiger partial charge in [0.15, 0.2) is 0 Å². The van der Waals surface area contributed by atoms with Crippen LogP contribution in [0.4, 0.5) is 11.4 Å². The summed E-state index contributed by atoms with van der Waals surface area (Å²) in [6.07, 6.45) is 0.781. The first-order valence-electron chi connectivity index (χ1n) is 7.41. The summed E-state index contributed by atoms with van der Waals surface area (Å²) in [5, 5.41) is 2.97. The number of nitrogen functional groups attached to an aromatic ring is 1. The van der Waals surface area contributed by atoms with Gasteiger partial charge in [0.05, 0.1) is 14.2 Å². The molecule has 0 saturated carbocycles. The Hall–Kier alpha value is -2.69. The van der Waals surface area contributed by atoms with Crippen LogP contribution in [0.2, 0.25) is 0 Å². The fourth-order valence-electron chi connectivity index (χ4n) is 2.47. The van der Waals surface area contributed by atoms with Crippen LogP contribution in [0.3, 0.4) is 0 Å². The van der Waals surface area contributed by atoms with Crippen LogP contribution in [-0.4, -0.2) is 20.1 Å². The number of ether oxygens (including phenoxy) is 2. The Morgan fingerprint density at radius 2 is 1.70 bits per heavy atom. The van der Waals surface area contributed by atoms with Crippen LogP contribution in [0, 0.1) is 6.92 Å². The number of hydrogen-bond acceptors (Lipinski definition) is 4. The molecule has 0 spiro atoms. The minimum Gasteiger partial charge on any atom is -0.497 e. The third-order valence-electron chi connectivity index (χ3n) is 3.67. The van der Waals surface area contributed by atoms with E-state index >= 15 is 0 Å². The van der Waals surface area contributed by atoms with E-state index in [0.29, 0.717) is 22.7 Å². The lowest BCUT2D eigenvalue weighted by molar-refractivity contribution is 0.102. The summed E-state index contributed by atoms with van der Waals surface area (Å²) in [6, 6.07) is 8.81. The number of anilines is 2. The predicted octanol–water partition coefficient (Wildman–Crippen LogP) is 3.41. The summed E-state index contributed by atoms with van der Waals surface area (Å²) in [5.74, 6) is 0.920. The first kappa shape index (κ1) is 16.7. The number of hydrogen-bond donors (Lipinski definition) is 2. The van der Waals surface area contributed by atoms with Gasteiger partial charge in [0.2, 0.25) is 0 Å². The molecule has 0 fully saturated rings. The fraction of sp³-hybridized carbons (Fsp3) is 0.278. The standard InChI is InChI=1S/C18H22N2O3/c1-5-12-7-14(19)6-11(2)17(12)20-18(21)13-8-15(22-3)10-16(9-13)23-4/h6-10H,5,19H2,1-4H3,(H,20,21). The maximum Gasteiger partial charge on any atom is 0.255 e. The van der Waals surface area contributed by atoms with Gasteiger partial charge in [0, 0.05) is 23.0 Å². The number of carbonyl (C=O) groups excluding carboxylic acids is 1. The van der Waals surface area contributed by atoms with Gasteiger partial charge >= 0.3 is 0 Å². The van der Waals surface area contributed by atoms with Crippen molar-refractivity contribution >= 4 is 17.3 Å². The molecule has 0 aromatic heterocycles. The largest absolute Gasteiger partial charge is 0.497 e. The molecule has 2 rings (SSSR count). The summed E-state index contributed by atoms with van der Waals surface area (Å²) < 4.78 is 10.4. The van der Waals surface area contributed by atoms with Crippen LogP contribution in [0.1, 0.15) is 28.4 Å². The van der Waals surface area contributed by atoms with Crippen LogP contribution in [0.25, 0.3) is 0 Å². The Kier molecular flexibility index (Phi) is 5.11. The van der Waals surface area contributed by atoms with Crippen LogP contribution < -0.4 is 20.5 Å². The topological polar surface area (TPSA) is 73.6 Å². The normalized spacial score (nSPS) is 10.3. The number of nitrogens with two attached hydrogens (primary N) is 1. The summed E-state index contributed by atoms with van der Waals surface area (Å²) in [5.41, 5.74) is 9.78. The van der Waals surface area contributed by atoms with Crippen molar-refractivity contribution in [2.75, 3.05) is 25.3 Å². The van der Waals surface area contributed by atoms with Crippen molar-refractivity contribution in [3.63, 3.8) is 0 Å². The molecule has 1 amide bonds. The highest BCUT2D eigenvalue weighted by Crippen LogP contribution is 2.27. The second-order valence-electron chi connectivity index (χ2n) is 5.28. The van der Waals surface area contributed by atoms with Gasteiger partial charge in [-0.05, 0) is 48.7 Å². The zero-order valence-electron chi connectivity index (χ0n) is 13.9. The molecular weight excluding hydrogens is 292 g/mol. The highest BCUT2D eigenvalue weighted by molar-refractivity contribution is 6.05. The monoisotopic (exact) mass is 314 g/mol. The number of rotatable bonds is 5. The molecule has 0 atom stereocenters.